The van der Waals surface area contributed by atoms with Crippen LogP contribution in [0, 0.1) is 17.1 Å². The van der Waals surface area contributed by atoms with Crippen LogP contribution in [0.25, 0.3) is 0 Å². The third kappa shape index (κ3) is 4.82. The first-order valence-corrected chi connectivity index (χ1v) is 11.2. The van der Waals surface area contributed by atoms with Gasteiger partial charge in [0, 0.05) is 29.3 Å². The van der Waals surface area contributed by atoms with Crippen molar-refractivity contribution in [1.82, 2.24) is 0 Å². The fourth-order valence-electron chi connectivity index (χ4n) is 3.52. The number of anilines is 2. The summed E-state index contributed by atoms with van der Waals surface area (Å²) in [7, 11) is 0. The second-order valence-electron chi connectivity index (χ2n) is 7.36. The molecule has 0 atom stereocenters. The van der Waals surface area contributed by atoms with Crippen molar-refractivity contribution in [1.29, 1.82) is 5.26 Å². The van der Waals surface area contributed by atoms with E-state index in [1.54, 1.807) is 30.3 Å². The predicted octanol–water partition coefficient (Wildman–Crippen LogP) is 5.37. The highest BCUT2D eigenvalue weighted by atomic mass is 32.2. The van der Waals surface area contributed by atoms with Crippen LogP contribution < -0.4 is 10.2 Å². The highest BCUT2D eigenvalue weighted by Crippen LogP contribution is 2.29. The van der Waals surface area contributed by atoms with Crippen LogP contribution in [0.5, 0.6) is 0 Å². The normalized spacial score (nSPS) is 13.1. The molecular formula is C25H20FN3O2S. The number of halogens is 1. The van der Waals surface area contributed by atoms with Crippen molar-refractivity contribution in [2.24, 2.45) is 0 Å². The van der Waals surface area contributed by atoms with Crippen LogP contribution in [0.1, 0.15) is 34.3 Å². The van der Waals surface area contributed by atoms with Gasteiger partial charge >= 0.3 is 0 Å². The lowest BCUT2D eigenvalue weighted by Crippen LogP contribution is -2.24. The molecule has 5 nitrogen and oxygen atoms in total. The molecule has 1 saturated heterocycles. The SMILES string of the molecule is N#Cc1ccc(CSc2ccccc2C(=O)Nc2ccc(N3CCCC3=O)c(F)c2)cc1. The summed E-state index contributed by atoms with van der Waals surface area (Å²) in [4.78, 5) is 27.0. The van der Waals surface area contributed by atoms with Gasteiger partial charge in [-0.05, 0) is 54.4 Å². The van der Waals surface area contributed by atoms with E-state index in [2.05, 4.69) is 11.4 Å². The number of nitrogens with zero attached hydrogens (tertiary/aromatic N) is 2. The number of thioether (sulfide) groups is 1. The molecule has 0 bridgehead atoms. The van der Waals surface area contributed by atoms with E-state index in [9.17, 15) is 14.0 Å². The molecule has 1 fully saturated rings. The minimum absolute atomic E-state index is 0.0890. The lowest BCUT2D eigenvalue weighted by molar-refractivity contribution is -0.117. The third-order valence-corrected chi connectivity index (χ3v) is 6.32. The number of rotatable bonds is 6. The molecule has 1 aliphatic heterocycles. The van der Waals surface area contributed by atoms with Crippen molar-refractivity contribution in [2.45, 2.75) is 23.5 Å². The quantitative estimate of drug-likeness (QED) is 0.518. The van der Waals surface area contributed by atoms with Gasteiger partial charge in [-0.2, -0.15) is 5.26 Å². The summed E-state index contributed by atoms with van der Waals surface area (Å²) >= 11 is 1.51. The molecule has 1 N–H and O–H groups in total. The van der Waals surface area contributed by atoms with E-state index in [1.807, 2.05) is 24.3 Å². The van der Waals surface area contributed by atoms with Gasteiger partial charge in [0.15, 0.2) is 0 Å². The van der Waals surface area contributed by atoms with Crippen LogP contribution in [0.15, 0.2) is 71.6 Å². The number of carbonyl (C=O) groups is 2. The van der Waals surface area contributed by atoms with E-state index in [4.69, 9.17) is 5.26 Å². The maximum absolute atomic E-state index is 14.6. The summed E-state index contributed by atoms with van der Waals surface area (Å²) in [6, 6.07) is 21.0. The Bertz CT molecular complexity index is 1200. The van der Waals surface area contributed by atoms with E-state index in [0.29, 0.717) is 42.0 Å². The Labute approximate surface area is 189 Å². The lowest BCUT2D eigenvalue weighted by atomic mass is 10.2. The van der Waals surface area contributed by atoms with Gasteiger partial charge in [-0.25, -0.2) is 4.39 Å². The molecule has 0 spiro atoms. The van der Waals surface area contributed by atoms with Crippen molar-refractivity contribution < 1.29 is 14.0 Å². The summed E-state index contributed by atoms with van der Waals surface area (Å²) in [5.41, 5.74) is 2.70. The summed E-state index contributed by atoms with van der Waals surface area (Å²) in [6.07, 6.45) is 1.14. The molecule has 4 rings (SSSR count). The van der Waals surface area contributed by atoms with E-state index in [-0.39, 0.29) is 17.5 Å². The molecule has 0 radical (unpaired) electrons. The van der Waals surface area contributed by atoms with E-state index >= 15 is 0 Å². The number of carbonyl (C=O) groups excluding carboxylic acids is 2. The molecule has 1 aliphatic rings. The number of hydrogen-bond donors (Lipinski definition) is 1. The Morgan fingerprint density at radius 1 is 1.12 bits per heavy atom. The molecule has 3 aromatic carbocycles. The van der Waals surface area contributed by atoms with Crippen molar-refractivity contribution in [3.05, 3.63) is 89.2 Å². The average molecular weight is 446 g/mol. The summed E-state index contributed by atoms with van der Waals surface area (Å²) < 4.78 is 14.6. The fraction of sp³-hybridized carbons (Fsp3) is 0.160. The standard InChI is InChI=1S/C25H20FN3O2S/c26-21-14-19(11-12-22(21)29-13-3-6-24(29)30)28-25(31)20-4-1-2-5-23(20)32-16-18-9-7-17(15-27)8-10-18/h1-2,4-5,7-12,14H,3,6,13,16H2,(H,28,31). The van der Waals surface area contributed by atoms with Crippen LogP contribution in [-0.4, -0.2) is 18.4 Å². The topological polar surface area (TPSA) is 73.2 Å². The van der Waals surface area contributed by atoms with Crippen LogP contribution in [0.4, 0.5) is 15.8 Å². The minimum Gasteiger partial charge on any atom is -0.322 e. The van der Waals surface area contributed by atoms with Crippen LogP contribution in [0.2, 0.25) is 0 Å². The third-order valence-electron chi connectivity index (χ3n) is 5.18. The van der Waals surface area contributed by atoms with Gasteiger partial charge in [-0.1, -0.05) is 24.3 Å². The summed E-state index contributed by atoms with van der Waals surface area (Å²) in [5, 5.41) is 11.7. The first-order valence-electron chi connectivity index (χ1n) is 10.2. The van der Waals surface area contributed by atoms with Gasteiger partial charge < -0.3 is 10.2 Å². The van der Waals surface area contributed by atoms with E-state index in [1.165, 1.54) is 28.8 Å². The van der Waals surface area contributed by atoms with Crippen molar-refractivity contribution in [3.8, 4) is 6.07 Å². The highest BCUT2D eigenvalue weighted by molar-refractivity contribution is 7.98. The molecule has 7 heteroatoms. The van der Waals surface area contributed by atoms with Gasteiger partial charge in [-0.3, -0.25) is 9.59 Å². The fourth-order valence-corrected chi connectivity index (χ4v) is 4.53. The van der Waals surface area contributed by atoms with Crippen LogP contribution in [0.3, 0.4) is 0 Å². The zero-order valence-electron chi connectivity index (χ0n) is 17.2. The Hall–Kier alpha value is -3.63. The Balaban J connectivity index is 1.46. The first-order chi connectivity index (χ1) is 15.5. The Morgan fingerprint density at radius 3 is 2.59 bits per heavy atom. The number of nitrogens with one attached hydrogen (secondary N) is 1. The Morgan fingerprint density at radius 2 is 1.91 bits per heavy atom. The average Bonchev–Trinajstić information content (AvgIpc) is 3.24. The molecule has 2 amide bonds. The van der Waals surface area contributed by atoms with Crippen molar-refractivity contribution in [2.75, 3.05) is 16.8 Å². The van der Waals surface area contributed by atoms with Gasteiger partial charge in [-0.15, -0.1) is 11.8 Å². The Kier molecular flexibility index (Phi) is 6.52. The lowest BCUT2D eigenvalue weighted by Gasteiger charge is -2.17. The number of amides is 2. The maximum atomic E-state index is 14.6. The zero-order chi connectivity index (χ0) is 22.5. The van der Waals surface area contributed by atoms with Crippen LogP contribution >= 0.6 is 11.8 Å². The van der Waals surface area contributed by atoms with Gasteiger partial charge in [0.2, 0.25) is 5.91 Å². The second kappa shape index (κ2) is 9.67. The van der Waals surface area contributed by atoms with Crippen molar-refractivity contribution in [3.63, 3.8) is 0 Å². The van der Waals surface area contributed by atoms with Crippen molar-refractivity contribution >= 4 is 35.0 Å². The van der Waals surface area contributed by atoms with Gasteiger partial charge in [0.25, 0.3) is 5.91 Å². The monoisotopic (exact) mass is 445 g/mol. The summed E-state index contributed by atoms with van der Waals surface area (Å²) in [6.45, 7) is 0.505. The van der Waals surface area contributed by atoms with Crippen LogP contribution in [-0.2, 0) is 10.5 Å². The zero-order valence-corrected chi connectivity index (χ0v) is 18.0. The van der Waals surface area contributed by atoms with Gasteiger partial charge in [0.05, 0.1) is 22.9 Å². The number of benzene rings is 3. The molecule has 0 aromatic heterocycles. The molecule has 1 heterocycles. The van der Waals surface area contributed by atoms with E-state index in [0.717, 1.165) is 10.5 Å². The van der Waals surface area contributed by atoms with E-state index < -0.39 is 5.82 Å². The molecule has 0 unspecified atom stereocenters. The summed E-state index contributed by atoms with van der Waals surface area (Å²) in [5.74, 6) is -0.323. The highest BCUT2D eigenvalue weighted by Gasteiger charge is 2.24. The molecule has 32 heavy (non-hydrogen) atoms. The molecule has 160 valence electrons. The molecular weight excluding hydrogens is 425 g/mol. The minimum atomic E-state index is -0.540. The molecule has 0 saturated carbocycles. The predicted molar refractivity (Wildman–Crippen MR) is 123 cm³/mol. The van der Waals surface area contributed by atoms with Gasteiger partial charge in [0.1, 0.15) is 5.82 Å². The second-order valence-corrected chi connectivity index (χ2v) is 8.38. The smallest absolute Gasteiger partial charge is 0.256 e. The number of hydrogen-bond acceptors (Lipinski definition) is 4. The molecule has 3 aromatic rings. The first kappa shape index (κ1) is 21.6. The maximum Gasteiger partial charge on any atom is 0.256 e. The number of nitriles is 1. The molecule has 0 aliphatic carbocycles. The largest absolute Gasteiger partial charge is 0.322 e.